The minimum absolute atomic E-state index is 0.0888. The van der Waals surface area contributed by atoms with Crippen LogP contribution in [-0.2, 0) is 4.74 Å². The van der Waals surface area contributed by atoms with Crippen LogP contribution in [0, 0.1) is 6.92 Å². The Bertz CT molecular complexity index is 617. The fourth-order valence-corrected chi connectivity index (χ4v) is 2.82. The molecule has 5 N–H and O–H groups in total. The monoisotopic (exact) mass is 370 g/mol. The van der Waals surface area contributed by atoms with E-state index in [0.717, 1.165) is 6.42 Å². The van der Waals surface area contributed by atoms with Crippen LogP contribution in [0.5, 0.6) is 11.5 Å². The molecule has 0 saturated carbocycles. The molecule has 1 saturated heterocycles. The van der Waals surface area contributed by atoms with E-state index in [9.17, 15) is 20.1 Å². The number of rotatable bonds is 9. The second-order valence-corrected chi connectivity index (χ2v) is 6.42. The first-order valence-corrected chi connectivity index (χ1v) is 8.65. The molecule has 0 spiro atoms. The third-order valence-corrected chi connectivity index (χ3v) is 4.40. The summed E-state index contributed by atoms with van der Waals surface area (Å²) < 4.78 is 10.8. The number of aryl methyl sites for hydroxylation is 1. The van der Waals surface area contributed by atoms with Crippen LogP contribution < -0.4 is 4.74 Å². The summed E-state index contributed by atoms with van der Waals surface area (Å²) in [5.41, 5.74) is 0.735. The Morgan fingerprint density at radius 3 is 2.50 bits per heavy atom. The summed E-state index contributed by atoms with van der Waals surface area (Å²) in [7, 11) is 0. The molecule has 26 heavy (non-hydrogen) atoms. The van der Waals surface area contributed by atoms with Gasteiger partial charge in [0.25, 0.3) is 0 Å². The topological polar surface area (TPSA) is 137 Å². The summed E-state index contributed by atoms with van der Waals surface area (Å²) in [6, 6.07) is 2.77. The lowest BCUT2D eigenvalue weighted by molar-refractivity contribution is -0.116. The largest absolute Gasteiger partial charge is 0.507 e. The van der Waals surface area contributed by atoms with Gasteiger partial charge in [-0.2, -0.15) is 0 Å². The van der Waals surface area contributed by atoms with Crippen LogP contribution in [0.4, 0.5) is 0 Å². The predicted molar refractivity (Wildman–Crippen MR) is 91.1 cm³/mol. The molecule has 1 aliphatic rings. The first-order valence-electron chi connectivity index (χ1n) is 8.65. The van der Waals surface area contributed by atoms with Crippen molar-refractivity contribution in [1.29, 1.82) is 0 Å². The van der Waals surface area contributed by atoms with Gasteiger partial charge in [-0.15, -0.1) is 0 Å². The summed E-state index contributed by atoms with van der Waals surface area (Å²) in [5.74, 6) is -0.248. The number of aliphatic hydroxyl groups is 4. The molecule has 4 atom stereocenters. The molecule has 8 heteroatoms. The molecule has 0 amide bonds. The van der Waals surface area contributed by atoms with E-state index < -0.39 is 31.2 Å². The summed E-state index contributed by atoms with van der Waals surface area (Å²) >= 11 is 0. The molecule has 0 unspecified atom stereocenters. The third-order valence-electron chi connectivity index (χ3n) is 4.40. The zero-order chi connectivity index (χ0) is 19.3. The molecule has 1 aliphatic heterocycles. The van der Waals surface area contributed by atoms with Gasteiger partial charge in [0.2, 0.25) is 6.29 Å². The number of phenols is 1. The molecular weight excluding hydrogens is 344 g/mol. The molecule has 2 rings (SSSR count). The van der Waals surface area contributed by atoms with Crippen molar-refractivity contribution in [3.63, 3.8) is 0 Å². The first-order chi connectivity index (χ1) is 12.4. The number of hydrogen-bond acceptors (Lipinski definition) is 8. The summed E-state index contributed by atoms with van der Waals surface area (Å²) in [6.45, 7) is 1.30. The van der Waals surface area contributed by atoms with E-state index in [2.05, 4.69) is 0 Å². The van der Waals surface area contributed by atoms with Crippen LogP contribution in [0.1, 0.15) is 41.6 Å². The number of ether oxygens (including phenoxy) is 2. The van der Waals surface area contributed by atoms with Crippen molar-refractivity contribution < 1.29 is 39.8 Å². The minimum Gasteiger partial charge on any atom is -0.507 e. The van der Waals surface area contributed by atoms with Crippen molar-refractivity contribution >= 4 is 5.78 Å². The van der Waals surface area contributed by atoms with Crippen LogP contribution in [0.25, 0.3) is 0 Å². The highest BCUT2D eigenvalue weighted by atomic mass is 16.7. The summed E-state index contributed by atoms with van der Waals surface area (Å²) in [6.07, 6.45) is -2.52. The number of carbonyl (C=O) groups is 1. The Labute approximate surface area is 151 Å². The van der Waals surface area contributed by atoms with Crippen molar-refractivity contribution in [2.24, 2.45) is 0 Å². The highest BCUT2D eigenvalue weighted by Gasteiger charge is 2.44. The number of ketones is 1. The first kappa shape index (κ1) is 20.6. The normalized spacial score (nSPS) is 25.4. The standard InChI is InChI=1S/C18H26O8/c1-10-7-11(12(21)5-3-2-4-6-19)13(22)8-14(10)25-18-17(24)16(23)15(9-20)26-18/h7-8,15-20,22-24H,2-6,9H2,1H3/t15-,16-,17-,18+/m1/s1. The van der Waals surface area contributed by atoms with Gasteiger partial charge in [-0.1, -0.05) is 6.42 Å². The van der Waals surface area contributed by atoms with E-state index in [-0.39, 0.29) is 35.9 Å². The maximum atomic E-state index is 12.2. The second kappa shape index (κ2) is 9.29. The zero-order valence-corrected chi connectivity index (χ0v) is 14.7. The Hall–Kier alpha value is -1.71. The predicted octanol–water partition coefficient (Wildman–Crippen LogP) is 0.254. The quantitative estimate of drug-likeness (QED) is 0.308. The Kier molecular flexibility index (Phi) is 7.36. The van der Waals surface area contributed by atoms with Crippen LogP contribution in [-0.4, -0.2) is 69.1 Å². The number of unbranched alkanes of at least 4 members (excludes halogenated alkanes) is 2. The van der Waals surface area contributed by atoms with Crippen molar-refractivity contribution in [2.75, 3.05) is 13.2 Å². The van der Waals surface area contributed by atoms with Crippen LogP contribution in [0.15, 0.2) is 12.1 Å². The number of carbonyl (C=O) groups excluding carboxylic acids is 1. The van der Waals surface area contributed by atoms with E-state index in [4.69, 9.17) is 19.7 Å². The Morgan fingerprint density at radius 1 is 1.15 bits per heavy atom. The fourth-order valence-electron chi connectivity index (χ4n) is 2.82. The zero-order valence-electron chi connectivity index (χ0n) is 14.7. The van der Waals surface area contributed by atoms with Crippen LogP contribution in [0.3, 0.4) is 0 Å². The molecule has 0 radical (unpaired) electrons. The second-order valence-electron chi connectivity index (χ2n) is 6.42. The van der Waals surface area contributed by atoms with E-state index in [1.54, 1.807) is 6.92 Å². The summed E-state index contributed by atoms with van der Waals surface area (Å²) in [4.78, 5) is 12.2. The number of benzene rings is 1. The van der Waals surface area contributed by atoms with Gasteiger partial charge in [0.15, 0.2) is 5.78 Å². The van der Waals surface area contributed by atoms with Gasteiger partial charge in [-0.25, -0.2) is 0 Å². The lowest BCUT2D eigenvalue weighted by Gasteiger charge is -2.19. The maximum Gasteiger partial charge on any atom is 0.229 e. The fraction of sp³-hybridized carbons (Fsp3) is 0.611. The van der Waals surface area contributed by atoms with Crippen molar-refractivity contribution in [3.8, 4) is 11.5 Å². The number of hydrogen-bond donors (Lipinski definition) is 5. The van der Waals surface area contributed by atoms with Gasteiger partial charge >= 0.3 is 0 Å². The molecule has 8 nitrogen and oxygen atoms in total. The lowest BCUT2D eigenvalue weighted by atomic mass is 10.0. The van der Waals surface area contributed by atoms with Gasteiger partial charge in [-0.3, -0.25) is 4.79 Å². The number of aromatic hydroxyl groups is 1. The molecule has 1 aromatic rings. The lowest BCUT2D eigenvalue weighted by Crippen LogP contribution is -2.35. The van der Waals surface area contributed by atoms with E-state index >= 15 is 0 Å². The average molecular weight is 370 g/mol. The SMILES string of the molecule is Cc1cc(C(=O)CCCCCO)c(O)cc1O[C@H]1O[C@H](CO)[C@@H](O)[C@H]1O. The van der Waals surface area contributed by atoms with E-state index in [1.807, 2.05) is 0 Å². The number of Topliss-reactive ketones (excluding diaryl/α,β-unsaturated/α-hetero) is 1. The maximum absolute atomic E-state index is 12.2. The van der Waals surface area contributed by atoms with Crippen molar-refractivity contribution in [2.45, 2.75) is 57.2 Å². The highest BCUT2D eigenvalue weighted by Crippen LogP contribution is 2.32. The van der Waals surface area contributed by atoms with E-state index in [0.29, 0.717) is 18.4 Å². The average Bonchev–Trinajstić information content (AvgIpc) is 2.89. The number of phenolic OH excluding ortho intramolecular Hbond substituents is 1. The van der Waals surface area contributed by atoms with Gasteiger partial charge in [0.1, 0.15) is 29.8 Å². The molecule has 1 fully saturated rings. The highest BCUT2D eigenvalue weighted by molar-refractivity contribution is 5.99. The van der Waals surface area contributed by atoms with Gasteiger partial charge < -0.3 is 35.0 Å². The number of aliphatic hydroxyl groups excluding tert-OH is 4. The minimum atomic E-state index is -1.35. The third kappa shape index (κ3) is 4.72. The smallest absolute Gasteiger partial charge is 0.229 e. The summed E-state index contributed by atoms with van der Waals surface area (Å²) in [5, 5.41) is 47.6. The van der Waals surface area contributed by atoms with Gasteiger partial charge in [-0.05, 0) is 31.4 Å². The van der Waals surface area contributed by atoms with Gasteiger partial charge in [0.05, 0.1) is 12.2 Å². The van der Waals surface area contributed by atoms with Crippen LogP contribution in [0.2, 0.25) is 0 Å². The molecule has 0 bridgehead atoms. The van der Waals surface area contributed by atoms with Gasteiger partial charge in [0, 0.05) is 19.1 Å². The van der Waals surface area contributed by atoms with Crippen molar-refractivity contribution in [1.82, 2.24) is 0 Å². The van der Waals surface area contributed by atoms with Crippen molar-refractivity contribution in [3.05, 3.63) is 23.3 Å². The van der Waals surface area contributed by atoms with Crippen LogP contribution >= 0.6 is 0 Å². The molecule has 0 aromatic heterocycles. The Morgan fingerprint density at radius 2 is 1.88 bits per heavy atom. The Balaban J connectivity index is 2.06. The molecule has 1 heterocycles. The van der Waals surface area contributed by atoms with E-state index in [1.165, 1.54) is 12.1 Å². The molecule has 146 valence electrons. The molecule has 1 aromatic carbocycles. The molecular formula is C18H26O8. The molecule has 0 aliphatic carbocycles.